The van der Waals surface area contributed by atoms with Crippen molar-refractivity contribution < 1.29 is 9.53 Å². The summed E-state index contributed by atoms with van der Waals surface area (Å²) in [6, 6.07) is 6.07. The molecule has 0 N–H and O–H groups in total. The minimum absolute atomic E-state index is 0.230. The van der Waals surface area contributed by atoms with Crippen LogP contribution in [0.25, 0.3) is 0 Å². The van der Waals surface area contributed by atoms with Crippen molar-refractivity contribution >= 4 is 17.1 Å². The van der Waals surface area contributed by atoms with Crippen LogP contribution in [0.4, 0.5) is 0 Å². The Morgan fingerprint density at radius 2 is 2.05 bits per heavy atom. The van der Waals surface area contributed by atoms with Crippen molar-refractivity contribution in [3.8, 4) is 5.75 Å². The van der Waals surface area contributed by atoms with E-state index in [1.54, 1.807) is 11.3 Å². The van der Waals surface area contributed by atoms with Crippen LogP contribution in [0.2, 0.25) is 0 Å². The van der Waals surface area contributed by atoms with Gasteiger partial charge in [-0.1, -0.05) is 6.07 Å². The minimum Gasteiger partial charge on any atom is -0.494 e. The maximum absolute atomic E-state index is 11.8. The summed E-state index contributed by atoms with van der Waals surface area (Å²) in [6.07, 6.45) is 3.55. The fourth-order valence-electron chi connectivity index (χ4n) is 2.00. The Morgan fingerprint density at radius 3 is 2.71 bits per heavy atom. The fourth-order valence-corrected chi connectivity index (χ4v) is 2.82. The lowest BCUT2D eigenvalue weighted by Crippen LogP contribution is -2.06. The van der Waals surface area contributed by atoms with Crippen molar-refractivity contribution in [3.63, 3.8) is 0 Å². The average molecular weight is 303 g/mol. The van der Waals surface area contributed by atoms with Crippen LogP contribution in [-0.4, -0.2) is 17.4 Å². The lowest BCUT2D eigenvalue weighted by atomic mass is 10.1. The van der Waals surface area contributed by atoms with E-state index in [1.165, 1.54) is 11.1 Å². The van der Waals surface area contributed by atoms with E-state index in [-0.39, 0.29) is 5.78 Å². The molecule has 1 aromatic heterocycles. The number of benzene rings is 1. The summed E-state index contributed by atoms with van der Waals surface area (Å²) >= 11 is 1.59. The third kappa shape index (κ3) is 4.97. The normalized spacial score (nSPS) is 10.6. The van der Waals surface area contributed by atoms with E-state index >= 15 is 0 Å². The van der Waals surface area contributed by atoms with Crippen LogP contribution in [0.15, 0.2) is 24.4 Å². The Hall–Kier alpha value is -1.68. The quantitative estimate of drug-likeness (QED) is 0.725. The predicted octanol–water partition coefficient (Wildman–Crippen LogP) is 4.04. The van der Waals surface area contributed by atoms with Gasteiger partial charge in [-0.2, -0.15) is 0 Å². The van der Waals surface area contributed by atoms with Gasteiger partial charge in [-0.05, 0) is 50.5 Å². The van der Waals surface area contributed by atoms with E-state index in [1.807, 2.05) is 25.3 Å². The molecular formula is C17H21NO2S. The van der Waals surface area contributed by atoms with E-state index < -0.39 is 0 Å². The summed E-state index contributed by atoms with van der Waals surface area (Å²) in [5, 5.41) is 0.910. The SMILES string of the molecule is Cc1cnc(CC(=O)CCCOc2ccc(C)c(C)c2)s1. The summed E-state index contributed by atoms with van der Waals surface area (Å²) in [6.45, 7) is 6.73. The molecule has 0 aliphatic rings. The molecule has 4 heteroatoms. The van der Waals surface area contributed by atoms with Crippen molar-refractivity contribution in [3.05, 3.63) is 45.4 Å². The van der Waals surface area contributed by atoms with Crippen molar-refractivity contribution in [2.75, 3.05) is 6.61 Å². The Morgan fingerprint density at radius 1 is 1.24 bits per heavy atom. The fraction of sp³-hybridized carbons (Fsp3) is 0.412. The van der Waals surface area contributed by atoms with Crippen LogP contribution < -0.4 is 4.74 Å². The van der Waals surface area contributed by atoms with Gasteiger partial charge >= 0.3 is 0 Å². The number of aromatic nitrogens is 1. The zero-order valence-electron chi connectivity index (χ0n) is 12.8. The lowest BCUT2D eigenvalue weighted by molar-refractivity contribution is -0.118. The molecule has 1 aromatic carbocycles. The van der Waals surface area contributed by atoms with E-state index in [4.69, 9.17) is 4.74 Å². The molecule has 1 heterocycles. The number of aryl methyl sites for hydroxylation is 3. The van der Waals surface area contributed by atoms with E-state index in [2.05, 4.69) is 24.9 Å². The van der Waals surface area contributed by atoms with Crippen LogP contribution >= 0.6 is 11.3 Å². The van der Waals surface area contributed by atoms with Crippen LogP contribution in [-0.2, 0) is 11.2 Å². The van der Waals surface area contributed by atoms with Crippen LogP contribution in [0.5, 0.6) is 5.75 Å². The molecule has 0 aliphatic carbocycles. The standard InChI is InChI=1S/C17H21NO2S/c1-12-6-7-16(9-13(12)2)20-8-4-5-15(19)10-17-18-11-14(3)21-17/h6-7,9,11H,4-5,8,10H2,1-3H3. The molecule has 0 fully saturated rings. The highest BCUT2D eigenvalue weighted by atomic mass is 32.1. The van der Waals surface area contributed by atoms with E-state index in [0.717, 1.165) is 22.1 Å². The van der Waals surface area contributed by atoms with Crippen LogP contribution in [0, 0.1) is 20.8 Å². The highest BCUT2D eigenvalue weighted by Gasteiger charge is 2.07. The zero-order valence-corrected chi connectivity index (χ0v) is 13.6. The zero-order chi connectivity index (χ0) is 15.2. The number of carbonyl (C=O) groups is 1. The highest BCUT2D eigenvalue weighted by molar-refractivity contribution is 7.11. The Bertz CT molecular complexity index is 619. The van der Waals surface area contributed by atoms with E-state index in [9.17, 15) is 4.79 Å². The first-order chi connectivity index (χ1) is 10.0. The number of hydrogen-bond donors (Lipinski definition) is 0. The molecule has 112 valence electrons. The minimum atomic E-state index is 0.230. The molecule has 0 aliphatic heterocycles. The number of ether oxygens (including phenoxy) is 1. The van der Waals surface area contributed by atoms with Gasteiger partial charge in [0.05, 0.1) is 13.0 Å². The number of hydrogen-bond acceptors (Lipinski definition) is 4. The van der Waals surface area contributed by atoms with Crippen molar-refractivity contribution in [2.45, 2.75) is 40.0 Å². The first-order valence-electron chi connectivity index (χ1n) is 7.17. The first kappa shape index (κ1) is 15.7. The smallest absolute Gasteiger partial charge is 0.139 e. The molecule has 0 amide bonds. The second-order valence-corrected chi connectivity index (χ2v) is 6.60. The number of ketones is 1. The average Bonchev–Trinajstić information content (AvgIpc) is 2.84. The third-order valence-electron chi connectivity index (χ3n) is 3.36. The van der Waals surface area contributed by atoms with Gasteiger partial charge in [0.1, 0.15) is 16.5 Å². The second-order valence-electron chi connectivity index (χ2n) is 5.28. The Kier molecular flexibility index (Phi) is 5.51. The molecule has 0 bridgehead atoms. The van der Waals surface area contributed by atoms with Gasteiger partial charge in [0.2, 0.25) is 0 Å². The second kappa shape index (κ2) is 7.36. The van der Waals surface area contributed by atoms with Gasteiger partial charge in [0, 0.05) is 17.5 Å². The number of carbonyl (C=O) groups excluding carboxylic acids is 1. The maximum atomic E-state index is 11.8. The molecule has 0 saturated heterocycles. The van der Waals surface area contributed by atoms with E-state index in [0.29, 0.717) is 19.4 Å². The van der Waals surface area contributed by atoms with Crippen LogP contribution in [0.1, 0.15) is 33.9 Å². The first-order valence-corrected chi connectivity index (χ1v) is 7.99. The van der Waals surface area contributed by atoms with Crippen molar-refractivity contribution in [1.82, 2.24) is 4.98 Å². The number of thiazole rings is 1. The van der Waals surface area contributed by atoms with Gasteiger partial charge in [-0.3, -0.25) is 4.79 Å². The number of nitrogens with zero attached hydrogens (tertiary/aromatic N) is 1. The molecule has 21 heavy (non-hydrogen) atoms. The predicted molar refractivity (Wildman–Crippen MR) is 86.2 cm³/mol. The van der Waals surface area contributed by atoms with Gasteiger partial charge in [-0.25, -0.2) is 4.98 Å². The van der Waals surface area contributed by atoms with Crippen molar-refractivity contribution in [2.24, 2.45) is 0 Å². The molecule has 0 saturated carbocycles. The van der Waals surface area contributed by atoms with Gasteiger partial charge < -0.3 is 4.74 Å². The van der Waals surface area contributed by atoms with Gasteiger partial charge in [0.25, 0.3) is 0 Å². The summed E-state index contributed by atoms with van der Waals surface area (Å²) in [7, 11) is 0. The summed E-state index contributed by atoms with van der Waals surface area (Å²) in [5.74, 6) is 1.11. The maximum Gasteiger partial charge on any atom is 0.139 e. The molecule has 3 nitrogen and oxygen atoms in total. The largest absolute Gasteiger partial charge is 0.494 e. The molecule has 0 radical (unpaired) electrons. The topological polar surface area (TPSA) is 39.2 Å². The molecule has 0 atom stereocenters. The van der Waals surface area contributed by atoms with Gasteiger partial charge in [0.15, 0.2) is 0 Å². The molecular weight excluding hydrogens is 282 g/mol. The monoisotopic (exact) mass is 303 g/mol. The molecule has 2 aromatic rings. The summed E-state index contributed by atoms with van der Waals surface area (Å²) in [5.41, 5.74) is 2.49. The highest BCUT2D eigenvalue weighted by Crippen LogP contribution is 2.17. The summed E-state index contributed by atoms with van der Waals surface area (Å²) in [4.78, 5) is 17.2. The van der Waals surface area contributed by atoms with Crippen molar-refractivity contribution in [1.29, 1.82) is 0 Å². The molecule has 0 spiro atoms. The molecule has 0 unspecified atom stereocenters. The third-order valence-corrected chi connectivity index (χ3v) is 4.28. The summed E-state index contributed by atoms with van der Waals surface area (Å²) < 4.78 is 5.68. The Labute approximate surface area is 130 Å². The van der Waals surface area contributed by atoms with Crippen LogP contribution in [0.3, 0.4) is 0 Å². The Balaban J connectivity index is 1.69. The molecule has 2 rings (SSSR count). The van der Waals surface area contributed by atoms with Gasteiger partial charge in [-0.15, -0.1) is 11.3 Å². The number of Topliss-reactive ketones (excluding diaryl/α,β-unsaturated/α-hetero) is 1. The lowest BCUT2D eigenvalue weighted by Gasteiger charge is -2.07. The number of rotatable bonds is 7.